The molecule has 1 aliphatic rings. The van der Waals surface area contributed by atoms with Crippen molar-refractivity contribution in [2.45, 2.75) is 59.8 Å². The van der Waals surface area contributed by atoms with Crippen LogP contribution in [0.4, 0.5) is 0 Å². The molecule has 2 nitrogen and oxygen atoms in total. The van der Waals surface area contributed by atoms with Crippen LogP contribution in [0.3, 0.4) is 0 Å². The predicted octanol–water partition coefficient (Wildman–Crippen LogP) is 3.85. The van der Waals surface area contributed by atoms with Crippen molar-refractivity contribution in [3.8, 4) is 0 Å². The van der Waals surface area contributed by atoms with Crippen LogP contribution in [0.5, 0.6) is 0 Å². The Morgan fingerprint density at radius 3 is 2.22 bits per heavy atom. The maximum atomic E-state index is 6.10. The van der Waals surface area contributed by atoms with E-state index in [9.17, 15) is 0 Å². The summed E-state index contributed by atoms with van der Waals surface area (Å²) in [4.78, 5) is 6.05. The molecule has 2 N–H and O–H groups in total. The second-order valence-electron chi connectivity index (χ2n) is 6.79. The van der Waals surface area contributed by atoms with Gasteiger partial charge < -0.3 is 5.73 Å². The van der Waals surface area contributed by atoms with E-state index in [4.69, 9.17) is 10.7 Å². The summed E-state index contributed by atoms with van der Waals surface area (Å²) >= 11 is 1.86. The normalized spacial score (nSPS) is 22.1. The minimum atomic E-state index is 0.312. The molecule has 3 heteroatoms. The lowest BCUT2D eigenvalue weighted by molar-refractivity contribution is 0.108. The van der Waals surface area contributed by atoms with Crippen molar-refractivity contribution in [3.63, 3.8) is 0 Å². The average molecular weight is 266 g/mol. The fourth-order valence-corrected chi connectivity index (χ4v) is 3.95. The number of hydrogen-bond donors (Lipinski definition) is 1. The summed E-state index contributed by atoms with van der Waals surface area (Å²) in [6, 6.07) is 0. The standard InChI is InChI=1S/C15H26N2S/c1-11-12(2)18-13(17-11)9-15(10-16)7-5-14(3,4)6-8-15/h5-10,16H2,1-4H3. The molecule has 1 aromatic rings. The molecule has 1 heterocycles. The van der Waals surface area contributed by atoms with Crippen LogP contribution < -0.4 is 5.73 Å². The highest BCUT2D eigenvalue weighted by Gasteiger charge is 2.38. The molecule has 1 aliphatic carbocycles. The lowest BCUT2D eigenvalue weighted by atomic mass is 9.64. The van der Waals surface area contributed by atoms with Crippen molar-refractivity contribution in [2.75, 3.05) is 6.54 Å². The van der Waals surface area contributed by atoms with E-state index in [-0.39, 0.29) is 0 Å². The smallest absolute Gasteiger partial charge is 0.0936 e. The Balaban J connectivity index is 2.10. The lowest BCUT2D eigenvalue weighted by Crippen LogP contribution is -2.38. The maximum Gasteiger partial charge on any atom is 0.0936 e. The molecule has 0 saturated heterocycles. The summed E-state index contributed by atoms with van der Waals surface area (Å²) in [7, 11) is 0. The number of nitrogens with two attached hydrogens (primary N) is 1. The molecule has 102 valence electrons. The van der Waals surface area contributed by atoms with E-state index in [1.807, 2.05) is 11.3 Å². The molecule has 0 aliphatic heterocycles. The third-order valence-corrected chi connectivity index (χ3v) is 5.77. The highest BCUT2D eigenvalue weighted by atomic mass is 32.1. The molecular weight excluding hydrogens is 240 g/mol. The van der Waals surface area contributed by atoms with Gasteiger partial charge in [0, 0.05) is 11.3 Å². The van der Waals surface area contributed by atoms with E-state index in [2.05, 4.69) is 27.7 Å². The molecule has 0 bridgehead atoms. The second-order valence-corrected chi connectivity index (χ2v) is 8.08. The monoisotopic (exact) mass is 266 g/mol. The number of rotatable bonds is 3. The van der Waals surface area contributed by atoms with Crippen molar-refractivity contribution < 1.29 is 0 Å². The summed E-state index contributed by atoms with van der Waals surface area (Å²) in [5.74, 6) is 0. The first-order valence-corrected chi connectivity index (χ1v) is 7.81. The quantitative estimate of drug-likeness (QED) is 0.902. The SMILES string of the molecule is Cc1nc(CC2(CN)CCC(C)(C)CC2)sc1C. The van der Waals surface area contributed by atoms with Crippen LogP contribution in [0.2, 0.25) is 0 Å². The van der Waals surface area contributed by atoms with Crippen molar-refractivity contribution in [2.24, 2.45) is 16.6 Å². The Morgan fingerprint density at radius 1 is 1.17 bits per heavy atom. The van der Waals surface area contributed by atoms with E-state index < -0.39 is 0 Å². The van der Waals surface area contributed by atoms with Gasteiger partial charge in [0.2, 0.25) is 0 Å². The van der Waals surface area contributed by atoms with E-state index >= 15 is 0 Å². The zero-order valence-corrected chi connectivity index (χ0v) is 13.0. The largest absolute Gasteiger partial charge is 0.330 e. The van der Waals surface area contributed by atoms with Gasteiger partial charge in [-0.1, -0.05) is 13.8 Å². The van der Waals surface area contributed by atoms with E-state index in [1.165, 1.54) is 41.3 Å². The zero-order chi connectivity index (χ0) is 13.4. The van der Waals surface area contributed by atoms with Crippen LogP contribution in [0.25, 0.3) is 0 Å². The van der Waals surface area contributed by atoms with E-state index in [1.54, 1.807) is 0 Å². The molecular formula is C15H26N2S. The van der Waals surface area contributed by atoms with Gasteiger partial charge in [-0.25, -0.2) is 4.98 Å². The Kier molecular flexibility index (Phi) is 3.84. The van der Waals surface area contributed by atoms with Crippen LogP contribution in [0.15, 0.2) is 0 Å². The van der Waals surface area contributed by atoms with Gasteiger partial charge in [0.05, 0.1) is 10.7 Å². The predicted molar refractivity (Wildman–Crippen MR) is 79.0 cm³/mol. The highest BCUT2D eigenvalue weighted by molar-refractivity contribution is 7.11. The molecule has 0 aromatic carbocycles. The van der Waals surface area contributed by atoms with Crippen LogP contribution >= 0.6 is 11.3 Å². The molecule has 0 radical (unpaired) electrons. The van der Waals surface area contributed by atoms with E-state index in [0.717, 1.165) is 13.0 Å². The van der Waals surface area contributed by atoms with Gasteiger partial charge in [-0.05, 0) is 56.9 Å². The first-order valence-electron chi connectivity index (χ1n) is 6.99. The minimum Gasteiger partial charge on any atom is -0.330 e. The van der Waals surface area contributed by atoms with Gasteiger partial charge in [-0.2, -0.15) is 0 Å². The Hall–Kier alpha value is -0.410. The van der Waals surface area contributed by atoms with Gasteiger partial charge in [-0.15, -0.1) is 11.3 Å². The van der Waals surface area contributed by atoms with Gasteiger partial charge in [0.25, 0.3) is 0 Å². The lowest BCUT2D eigenvalue weighted by Gasteiger charge is -2.42. The highest BCUT2D eigenvalue weighted by Crippen LogP contribution is 2.46. The Labute approximate surface area is 115 Å². The van der Waals surface area contributed by atoms with Crippen molar-refractivity contribution in [1.82, 2.24) is 4.98 Å². The number of thiazole rings is 1. The summed E-state index contributed by atoms with van der Waals surface area (Å²) in [5, 5.41) is 1.29. The average Bonchev–Trinajstić information content (AvgIpc) is 2.62. The summed E-state index contributed by atoms with van der Waals surface area (Å²) in [6.07, 6.45) is 6.20. The second kappa shape index (κ2) is 4.93. The number of aryl methyl sites for hydroxylation is 2. The first kappa shape index (κ1) is 14.0. The summed E-state index contributed by atoms with van der Waals surface area (Å²) < 4.78 is 0. The molecule has 0 spiro atoms. The molecule has 2 rings (SSSR count). The number of nitrogens with zero attached hydrogens (tertiary/aromatic N) is 1. The van der Waals surface area contributed by atoms with Crippen LogP contribution in [0.1, 0.15) is 55.1 Å². The molecule has 1 fully saturated rings. The Bertz CT molecular complexity index is 391. The third kappa shape index (κ3) is 2.94. The number of aromatic nitrogens is 1. The molecule has 1 saturated carbocycles. The van der Waals surface area contributed by atoms with Crippen LogP contribution in [-0.4, -0.2) is 11.5 Å². The molecule has 0 amide bonds. The van der Waals surface area contributed by atoms with Crippen molar-refractivity contribution in [3.05, 3.63) is 15.6 Å². The van der Waals surface area contributed by atoms with Gasteiger partial charge in [0.15, 0.2) is 0 Å². The fraction of sp³-hybridized carbons (Fsp3) is 0.800. The van der Waals surface area contributed by atoms with Gasteiger partial charge >= 0.3 is 0 Å². The Morgan fingerprint density at radius 2 is 1.78 bits per heavy atom. The topological polar surface area (TPSA) is 38.9 Å². The summed E-state index contributed by atoms with van der Waals surface area (Å²) in [5.41, 5.74) is 8.11. The first-order chi connectivity index (χ1) is 8.36. The molecule has 18 heavy (non-hydrogen) atoms. The molecule has 0 unspecified atom stereocenters. The van der Waals surface area contributed by atoms with Gasteiger partial charge in [-0.3, -0.25) is 0 Å². The maximum absolute atomic E-state index is 6.10. The number of hydrogen-bond acceptors (Lipinski definition) is 3. The van der Waals surface area contributed by atoms with Crippen molar-refractivity contribution in [1.29, 1.82) is 0 Å². The van der Waals surface area contributed by atoms with Crippen molar-refractivity contribution >= 4 is 11.3 Å². The summed E-state index contributed by atoms with van der Waals surface area (Å²) in [6.45, 7) is 9.83. The molecule has 1 aromatic heterocycles. The fourth-order valence-electron chi connectivity index (χ4n) is 2.85. The minimum absolute atomic E-state index is 0.312. The van der Waals surface area contributed by atoms with E-state index in [0.29, 0.717) is 10.8 Å². The third-order valence-electron chi connectivity index (χ3n) is 4.70. The molecule has 0 atom stereocenters. The van der Waals surface area contributed by atoms with Crippen LogP contribution in [0, 0.1) is 24.7 Å². The van der Waals surface area contributed by atoms with Crippen LogP contribution in [-0.2, 0) is 6.42 Å². The van der Waals surface area contributed by atoms with Gasteiger partial charge in [0.1, 0.15) is 0 Å². The zero-order valence-electron chi connectivity index (χ0n) is 12.2.